The summed E-state index contributed by atoms with van der Waals surface area (Å²) in [4.78, 5) is 57.7. The van der Waals surface area contributed by atoms with E-state index in [-0.39, 0.29) is 88.3 Å². The Kier molecular flexibility index (Phi) is 18.2. The highest BCUT2D eigenvalue weighted by Gasteiger charge is 2.62. The molecule has 5 atom stereocenters. The zero-order valence-corrected chi connectivity index (χ0v) is 34.3. The van der Waals surface area contributed by atoms with Crippen LogP contribution in [-0.2, 0) is 47.7 Å². The van der Waals surface area contributed by atoms with Crippen molar-refractivity contribution in [3.8, 4) is 0 Å². The average molecular weight is 797 g/mol. The molecule has 4 unspecified atom stereocenters. The second-order valence-electron chi connectivity index (χ2n) is 19.2. The summed E-state index contributed by atoms with van der Waals surface area (Å²) in [5.41, 5.74) is -2.78. The van der Waals surface area contributed by atoms with Gasteiger partial charge in [-0.1, -0.05) is 77.2 Å². The van der Waals surface area contributed by atoms with E-state index in [4.69, 9.17) is 18.9 Å². The second-order valence-corrected chi connectivity index (χ2v) is 19.2. The van der Waals surface area contributed by atoms with E-state index in [0.717, 1.165) is 32.1 Å². The molecule has 5 aliphatic carbocycles. The molecule has 5 saturated carbocycles. The van der Waals surface area contributed by atoms with Crippen LogP contribution < -0.4 is 0 Å². The largest absolute Gasteiger partial charge is 0.461 e. The van der Waals surface area contributed by atoms with E-state index in [1.54, 1.807) is 34.6 Å². The van der Waals surface area contributed by atoms with E-state index >= 15 is 0 Å². The first kappa shape index (κ1) is 53.5. The lowest BCUT2D eigenvalue weighted by atomic mass is 9.52. The van der Waals surface area contributed by atoms with Crippen molar-refractivity contribution < 1.29 is 47.7 Å². The summed E-state index contributed by atoms with van der Waals surface area (Å²) in [5, 5.41) is 0. The number of carbonyl (C=O) groups is 5. The summed E-state index contributed by atoms with van der Waals surface area (Å²) in [5.74, 6) is -0.526. The molecule has 4 bridgehead atoms. The number of esters is 5. The predicted molar refractivity (Wildman–Crippen MR) is 223 cm³/mol. The van der Waals surface area contributed by atoms with Gasteiger partial charge in [0.25, 0.3) is 0 Å². The predicted octanol–water partition coefficient (Wildman–Crippen LogP) is 11.0. The van der Waals surface area contributed by atoms with Crippen LogP contribution in [0.1, 0.15) is 196 Å². The Hall–Kier alpha value is -2.49. The molecule has 0 aromatic rings. The molecule has 7 rings (SSSR count). The number of cyclic esters (lactones) is 3. The molecule has 7 fully saturated rings. The maximum Gasteiger partial charge on any atom is 0.317 e. The summed E-state index contributed by atoms with van der Waals surface area (Å²) >= 11 is 0. The molecule has 0 aromatic heterocycles. The summed E-state index contributed by atoms with van der Waals surface area (Å²) < 4.78 is 28.3. The topological polar surface area (TPSA) is 132 Å². The van der Waals surface area contributed by atoms with E-state index in [9.17, 15) is 24.0 Å². The zero-order valence-electron chi connectivity index (χ0n) is 34.3. The van der Waals surface area contributed by atoms with E-state index in [1.807, 2.05) is 34.6 Å². The lowest BCUT2D eigenvalue weighted by Gasteiger charge is -2.62. The van der Waals surface area contributed by atoms with Crippen LogP contribution in [0.25, 0.3) is 0 Å². The van der Waals surface area contributed by atoms with Crippen molar-refractivity contribution in [3.63, 3.8) is 0 Å². The summed E-state index contributed by atoms with van der Waals surface area (Å²) in [6.07, 6.45) is 14.5. The third-order valence-corrected chi connectivity index (χ3v) is 14.1. The molecule has 10 nitrogen and oxygen atoms in total. The van der Waals surface area contributed by atoms with E-state index in [0.29, 0.717) is 18.3 Å². The standard InChI is InChI=1S/C23H38O3.C13H22O4.C6H8O3.4CH4/c1-5-20(3,4)19(24)25-22-12-17-11-18(13-22)15-23(14-17,16-22)26-21(6-2)9-7-8-10-21;1-7-11(2,3)9(14)17-13(6)8-16-10(15)12(13,4)5;1-3-4(2)6(8)9-5(3)7;;;;/h17-18H,5-16H2,1-4H3;7-8H2,1-6H3;3-4H,1-2H3;4*1H4/t;13-;;;;;/m.1...../s1. The Bertz CT molecular complexity index is 1340. The third-order valence-electron chi connectivity index (χ3n) is 14.1. The summed E-state index contributed by atoms with van der Waals surface area (Å²) in [6, 6.07) is 0. The van der Waals surface area contributed by atoms with E-state index in [1.165, 1.54) is 44.9 Å². The van der Waals surface area contributed by atoms with Crippen molar-refractivity contribution >= 4 is 29.8 Å². The summed E-state index contributed by atoms with van der Waals surface area (Å²) in [6.45, 7) is 22.8. The molecule has 2 heterocycles. The van der Waals surface area contributed by atoms with Crippen molar-refractivity contribution in [3.05, 3.63) is 0 Å². The van der Waals surface area contributed by atoms with Gasteiger partial charge >= 0.3 is 29.8 Å². The Labute approximate surface area is 342 Å². The molecule has 0 radical (unpaired) electrons. The van der Waals surface area contributed by atoms with Crippen LogP contribution in [0.2, 0.25) is 0 Å². The average Bonchev–Trinajstić information content (AvgIpc) is 3.67. The van der Waals surface area contributed by atoms with Crippen molar-refractivity contribution in [2.24, 2.45) is 39.9 Å². The van der Waals surface area contributed by atoms with Gasteiger partial charge in [-0.05, 0) is 125 Å². The normalized spacial score (nSPS) is 33.0. The minimum atomic E-state index is -0.881. The fourth-order valence-electron chi connectivity index (χ4n) is 8.94. The van der Waals surface area contributed by atoms with Gasteiger partial charge in [-0.25, -0.2) is 0 Å². The molecule has 7 aliphatic rings. The fourth-order valence-corrected chi connectivity index (χ4v) is 8.94. The highest BCUT2D eigenvalue weighted by molar-refractivity contribution is 5.95. The highest BCUT2D eigenvalue weighted by atomic mass is 16.6. The van der Waals surface area contributed by atoms with Crippen LogP contribution in [-0.4, -0.2) is 58.9 Å². The third kappa shape index (κ3) is 10.8. The second kappa shape index (κ2) is 19.1. The minimum absolute atomic E-state index is 0. The summed E-state index contributed by atoms with van der Waals surface area (Å²) in [7, 11) is 0. The van der Waals surface area contributed by atoms with Crippen molar-refractivity contribution in [1.29, 1.82) is 0 Å². The van der Waals surface area contributed by atoms with Gasteiger partial charge in [-0.15, -0.1) is 0 Å². The van der Waals surface area contributed by atoms with Gasteiger partial charge in [0.2, 0.25) is 0 Å². The lowest BCUT2D eigenvalue weighted by molar-refractivity contribution is -0.267. The van der Waals surface area contributed by atoms with Gasteiger partial charge in [-0.3, -0.25) is 24.0 Å². The Morgan fingerprint density at radius 1 is 0.714 bits per heavy atom. The molecule has 56 heavy (non-hydrogen) atoms. The van der Waals surface area contributed by atoms with E-state index in [2.05, 4.69) is 18.6 Å². The van der Waals surface area contributed by atoms with Gasteiger partial charge in [0.1, 0.15) is 17.6 Å². The van der Waals surface area contributed by atoms with Gasteiger partial charge in [0, 0.05) is 6.42 Å². The van der Waals surface area contributed by atoms with Gasteiger partial charge in [0.15, 0.2) is 5.60 Å². The maximum atomic E-state index is 12.9. The monoisotopic (exact) mass is 797 g/mol. The Morgan fingerprint density at radius 2 is 1.14 bits per heavy atom. The van der Waals surface area contributed by atoms with Crippen LogP contribution >= 0.6 is 0 Å². The SMILES string of the molecule is C.C.C.C.CC1C(=O)OC(=O)C1C.CCC(C)(C)C(=O)O[C@]1(C)COC(=O)C1(C)C.CCC1(OC23CC4CC(CC(OC(=O)C(C)(C)CC)(C4)C2)C3)CCCC1. The molecule has 0 N–H and O–H groups in total. The van der Waals surface area contributed by atoms with Crippen molar-refractivity contribution in [2.75, 3.05) is 6.61 Å². The quantitative estimate of drug-likeness (QED) is 0.126. The van der Waals surface area contributed by atoms with Crippen molar-refractivity contribution in [2.45, 2.75) is 219 Å². The Morgan fingerprint density at radius 3 is 1.50 bits per heavy atom. The molecular weight excluding hydrogens is 712 g/mol. The minimum Gasteiger partial charge on any atom is -0.461 e. The van der Waals surface area contributed by atoms with E-state index < -0.39 is 28.4 Å². The van der Waals surface area contributed by atoms with Crippen LogP contribution in [0.15, 0.2) is 0 Å². The molecule has 2 aliphatic heterocycles. The first-order chi connectivity index (χ1) is 23.9. The fraction of sp³-hybridized carbons (Fsp3) is 0.891. The highest BCUT2D eigenvalue weighted by Crippen LogP contribution is 2.62. The number of ether oxygens (including phenoxy) is 5. The first-order valence-electron chi connectivity index (χ1n) is 20.0. The molecule has 0 aromatic carbocycles. The molecule has 0 spiro atoms. The number of hydrogen-bond donors (Lipinski definition) is 0. The van der Waals surface area contributed by atoms with Crippen LogP contribution in [0.5, 0.6) is 0 Å². The number of hydrogen-bond acceptors (Lipinski definition) is 10. The molecule has 10 heteroatoms. The van der Waals surface area contributed by atoms with Gasteiger partial charge in [-0.2, -0.15) is 0 Å². The van der Waals surface area contributed by atoms with Crippen LogP contribution in [0.3, 0.4) is 0 Å². The van der Waals surface area contributed by atoms with Crippen molar-refractivity contribution in [1.82, 2.24) is 0 Å². The number of carbonyl (C=O) groups excluding carboxylic acids is 5. The zero-order chi connectivity index (χ0) is 39.1. The molecule has 328 valence electrons. The van der Waals surface area contributed by atoms with Crippen LogP contribution in [0, 0.1) is 39.9 Å². The molecule has 2 saturated heterocycles. The first-order valence-corrected chi connectivity index (χ1v) is 20.0. The number of rotatable bonds is 9. The molecular formula is C46H84O10. The molecule has 0 amide bonds. The van der Waals surface area contributed by atoms with Gasteiger partial charge in [0.05, 0.1) is 33.9 Å². The smallest absolute Gasteiger partial charge is 0.317 e. The lowest BCUT2D eigenvalue weighted by Crippen LogP contribution is -2.63. The van der Waals surface area contributed by atoms with Crippen LogP contribution in [0.4, 0.5) is 0 Å². The Balaban J connectivity index is 0.000000877. The maximum absolute atomic E-state index is 12.9. The van der Waals surface area contributed by atoms with Gasteiger partial charge < -0.3 is 23.7 Å².